The standard InChI is InChI=1S/C16H22FN5S/c1-18-16(21(2)10-12-8-20-22(3)11-12)19-9-13-7-14(17)5-6-15(13)23-4/h5-8,11H,9-10H2,1-4H3,(H,18,19). The summed E-state index contributed by atoms with van der Waals surface area (Å²) in [7, 11) is 5.59. The summed E-state index contributed by atoms with van der Waals surface area (Å²) < 4.78 is 15.2. The van der Waals surface area contributed by atoms with Crippen LogP contribution in [0.1, 0.15) is 11.1 Å². The number of benzene rings is 1. The summed E-state index contributed by atoms with van der Waals surface area (Å²) in [5.41, 5.74) is 2.03. The molecule has 0 radical (unpaired) electrons. The molecule has 124 valence electrons. The highest BCUT2D eigenvalue weighted by Gasteiger charge is 2.09. The first-order valence-electron chi connectivity index (χ1n) is 7.25. The lowest BCUT2D eigenvalue weighted by Crippen LogP contribution is -2.38. The summed E-state index contributed by atoms with van der Waals surface area (Å²) in [5, 5.41) is 7.45. The zero-order valence-corrected chi connectivity index (χ0v) is 14.7. The Bertz CT molecular complexity index is 683. The molecule has 0 saturated heterocycles. The highest BCUT2D eigenvalue weighted by Crippen LogP contribution is 2.21. The van der Waals surface area contributed by atoms with Crippen LogP contribution in [0.3, 0.4) is 0 Å². The van der Waals surface area contributed by atoms with E-state index in [1.165, 1.54) is 6.07 Å². The smallest absolute Gasteiger partial charge is 0.193 e. The maximum Gasteiger partial charge on any atom is 0.193 e. The van der Waals surface area contributed by atoms with Crippen molar-refractivity contribution in [3.63, 3.8) is 0 Å². The molecule has 5 nitrogen and oxygen atoms in total. The first-order chi connectivity index (χ1) is 11.0. The molecule has 0 saturated carbocycles. The number of aromatic nitrogens is 2. The highest BCUT2D eigenvalue weighted by atomic mass is 32.2. The topological polar surface area (TPSA) is 45.5 Å². The summed E-state index contributed by atoms with van der Waals surface area (Å²) in [4.78, 5) is 7.36. The number of hydrogen-bond acceptors (Lipinski definition) is 3. The van der Waals surface area contributed by atoms with Gasteiger partial charge in [0.2, 0.25) is 0 Å². The number of nitrogens with zero attached hydrogens (tertiary/aromatic N) is 4. The molecule has 7 heteroatoms. The normalized spacial score (nSPS) is 11.6. The van der Waals surface area contributed by atoms with Gasteiger partial charge < -0.3 is 10.2 Å². The lowest BCUT2D eigenvalue weighted by atomic mass is 10.2. The van der Waals surface area contributed by atoms with E-state index in [0.717, 1.165) is 22.0 Å². The fourth-order valence-electron chi connectivity index (χ4n) is 2.35. The van der Waals surface area contributed by atoms with Gasteiger partial charge in [0.1, 0.15) is 5.82 Å². The maximum absolute atomic E-state index is 13.5. The molecular weight excluding hydrogens is 313 g/mol. The van der Waals surface area contributed by atoms with Crippen LogP contribution in [-0.2, 0) is 20.1 Å². The molecule has 1 aromatic heterocycles. The number of guanidine groups is 1. The van der Waals surface area contributed by atoms with E-state index in [9.17, 15) is 4.39 Å². The Kier molecular flexibility index (Phi) is 6.04. The molecule has 0 amide bonds. The van der Waals surface area contributed by atoms with E-state index in [1.54, 1.807) is 35.6 Å². The molecule has 2 aromatic rings. The molecule has 0 bridgehead atoms. The Hall–Kier alpha value is -2.02. The third-order valence-corrected chi connectivity index (χ3v) is 4.27. The Morgan fingerprint density at radius 3 is 2.87 bits per heavy atom. The predicted molar refractivity (Wildman–Crippen MR) is 93.1 cm³/mol. The Morgan fingerprint density at radius 1 is 1.48 bits per heavy atom. The van der Waals surface area contributed by atoms with E-state index in [2.05, 4.69) is 15.4 Å². The van der Waals surface area contributed by atoms with Gasteiger partial charge >= 0.3 is 0 Å². The second-order valence-corrected chi connectivity index (χ2v) is 6.08. The van der Waals surface area contributed by atoms with E-state index < -0.39 is 0 Å². The van der Waals surface area contributed by atoms with E-state index in [-0.39, 0.29) is 5.82 Å². The summed E-state index contributed by atoms with van der Waals surface area (Å²) in [6.07, 6.45) is 5.80. The lowest BCUT2D eigenvalue weighted by molar-refractivity contribution is 0.476. The molecule has 0 aliphatic carbocycles. The van der Waals surface area contributed by atoms with Crippen LogP contribution in [0.5, 0.6) is 0 Å². The summed E-state index contributed by atoms with van der Waals surface area (Å²) in [6.45, 7) is 1.23. The third kappa shape index (κ3) is 4.72. The van der Waals surface area contributed by atoms with Crippen molar-refractivity contribution < 1.29 is 4.39 Å². The second kappa shape index (κ2) is 8.01. The van der Waals surface area contributed by atoms with Crippen LogP contribution < -0.4 is 5.32 Å². The van der Waals surface area contributed by atoms with Crippen molar-refractivity contribution >= 4 is 17.7 Å². The minimum Gasteiger partial charge on any atom is -0.352 e. The molecule has 0 spiro atoms. The number of rotatable bonds is 5. The fourth-order valence-corrected chi connectivity index (χ4v) is 2.94. The Morgan fingerprint density at radius 2 is 2.26 bits per heavy atom. The molecule has 0 unspecified atom stereocenters. The van der Waals surface area contributed by atoms with Crippen LogP contribution in [0.25, 0.3) is 0 Å². The monoisotopic (exact) mass is 335 g/mol. The largest absolute Gasteiger partial charge is 0.352 e. The molecule has 0 fully saturated rings. The van der Waals surface area contributed by atoms with Crippen LogP contribution in [-0.4, -0.2) is 41.0 Å². The van der Waals surface area contributed by atoms with Crippen LogP contribution in [0.4, 0.5) is 4.39 Å². The minimum absolute atomic E-state index is 0.224. The van der Waals surface area contributed by atoms with Gasteiger partial charge in [-0.05, 0) is 30.0 Å². The van der Waals surface area contributed by atoms with Gasteiger partial charge in [0, 0.05) is 50.9 Å². The van der Waals surface area contributed by atoms with Gasteiger partial charge in [-0.1, -0.05) is 0 Å². The number of halogens is 1. The first-order valence-corrected chi connectivity index (χ1v) is 8.47. The maximum atomic E-state index is 13.5. The second-order valence-electron chi connectivity index (χ2n) is 5.24. The van der Waals surface area contributed by atoms with Crippen molar-refractivity contribution in [2.24, 2.45) is 12.0 Å². The molecule has 1 N–H and O–H groups in total. The number of aryl methyl sites for hydroxylation is 1. The molecular formula is C16H22FN5S. The molecule has 0 atom stereocenters. The van der Waals surface area contributed by atoms with Crippen molar-refractivity contribution in [1.29, 1.82) is 0 Å². The molecule has 1 heterocycles. The molecule has 0 aliphatic heterocycles. The molecule has 0 aliphatic rings. The Labute approximate surface area is 140 Å². The van der Waals surface area contributed by atoms with Crippen molar-refractivity contribution in [2.45, 2.75) is 18.0 Å². The third-order valence-electron chi connectivity index (χ3n) is 3.43. The lowest BCUT2D eigenvalue weighted by Gasteiger charge is -2.22. The van der Waals surface area contributed by atoms with E-state index in [4.69, 9.17) is 0 Å². The van der Waals surface area contributed by atoms with E-state index in [0.29, 0.717) is 13.1 Å². The van der Waals surface area contributed by atoms with E-state index >= 15 is 0 Å². The zero-order chi connectivity index (χ0) is 16.8. The molecule has 2 rings (SSSR count). The average molecular weight is 335 g/mol. The summed E-state index contributed by atoms with van der Waals surface area (Å²) in [6, 6.07) is 4.85. The number of nitrogens with one attached hydrogen (secondary N) is 1. The van der Waals surface area contributed by atoms with Crippen LogP contribution >= 0.6 is 11.8 Å². The van der Waals surface area contributed by atoms with Gasteiger partial charge in [0.05, 0.1) is 6.20 Å². The van der Waals surface area contributed by atoms with E-state index in [1.807, 2.05) is 37.6 Å². The number of aliphatic imine (C=N–C) groups is 1. The number of thioether (sulfide) groups is 1. The highest BCUT2D eigenvalue weighted by molar-refractivity contribution is 7.98. The van der Waals surface area contributed by atoms with Gasteiger partial charge in [-0.15, -0.1) is 11.8 Å². The van der Waals surface area contributed by atoms with Crippen molar-refractivity contribution in [2.75, 3.05) is 20.4 Å². The Balaban J connectivity index is 2.01. The van der Waals surface area contributed by atoms with Gasteiger partial charge in [-0.25, -0.2) is 4.39 Å². The zero-order valence-electron chi connectivity index (χ0n) is 13.9. The first kappa shape index (κ1) is 17.3. The van der Waals surface area contributed by atoms with Crippen molar-refractivity contribution in [1.82, 2.24) is 20.0 Å². The predicted octanol–water partition coefficient (Wildman–Crippen LogP) is 2.49. The quantitative estimate of drug-likeness (QED) is 0.518. The van der Waals surface area contributed by atoms with Gasteiger partial charge in [-0.3, -0.25) is 9.67 Å². The van der Waals surface area contributed by atoms with Gasteiger partial charge in [0.15, 0.2) is 5.96 Å². The fraction of sp³-hybridized carbons (Fsp3) is 0.375. The van der Waals surface area contributed by atoms with Crippen molar-refractivity contribution in [3.8, 4) is 0 Å². The van der Waals surface area contributed by atoms with Crippen LogP contribution in [0.2, 0.25) is 0 Å². The molecule has 1 aromatic carbocycles. The SMILES string of the molecule is CN=C(NCc1cc(F)ccc1SC)N(C)Cc1cnn(C)c1. The minimum atomic E-state index is -0.224. The summed E-state index contributed by atoms with van der Waals surface area (Å²) >= 11 is 1.61. The van der Waals surface area contributed by atoms with Crippen LogP contribution in [0, 0.1) is 5.82 Å². The van der Waals surface area contributed by atoms with Crippen LogP contribution in [0.15, 0.2) is 40.5 Å². The van der Waals surface area contributed by atoms with Gasteiger partial charge in [-0.2, -0.15) is 5.10 Å². The van der Waals surface area contributed by atoms with Crippen molar-refractivity contribution in [3.05, 3.63) is 47.5 Å². The molecule has 23 heavy (non-hydrogen) atoms. The average Bonchev–Trinajstić information content (AvgIpc) is 2.93. The van der Waals surface area contributed by atoms with Gasteiger partial charge in [0.25, 0.3) is 0 Å². The summed E-state index contributed by atoms with van der Waals surface area (Å²) in [5.74, 6) is 0.531. The number of hydrogen-bond donors (Lipinski definition) is 1.